The predicted molar refractivity (Wildman–Crippen MR) is 93.5 cm³/mol. The zero-order chi connectivity index (χ0) is 21.1. The second-order valence-electron chi connectivity index (χ2n) is 6.34. The molecule has 0 aliphatic carbocycles. The molecule has 0 bridgehead atoms. The van der Waals surface area contributed by atoms with Gasteiger partial charge in [0.1, 0.15) is 5.69 Å². The minimum absolute atomic E-state index is 0.00375. The van der Waals surface area contributed by atoms with Gasteiger partial charge in [0, 0.05) is 16.8 Å². The molecule has 0 spiro atoms. The minimum atomic E-state index is -5.02. The Kier molecular flexibility index (Phi) is 6.97. The van der Waals surface area contributed by atoms with Crippen LogP contribution in [0.25, 0.3) is 0 Å². The molecule has 0 aromatic carbocycles. The van der Waals surface area contributed by atoms with Gasteiger partial charge in [0.2, 0.25) is 0 Å². The lowest BCUT2D eigenvalue weighted by Gasteiger charge is -2.21. The molecular weight excluding hydrogens is 403 g/mol. The van der Waals surface area contributed by atoms with E-state index in [1.54, 1.807) is 32.0 Å². The largest absolute Gasteiger partial charge is 0.478 e. The van der Waals surface area contributed by atoms with Crippen LogP contribution in [-0.2, 0) is 18.3 Å². The van der Waals surface area contributed by atoms with E-state index >= 15 is 0 Å². The van der Waals surface area contributed by atoms with Crippen LogP contribution in [0.15, 0.2) is 29.3 Å². The van der Waals surface area contributed by atoms with Crippen molar-refractivity contribution < 1.29 is 31.9 Å². The summed E-state index contributed by atoms with van der Waals surface area (Å²) in [6, 6.07) is 4.89. The third-order valence-corrected chi connectivity index (χ3v) is 4.84. The van der Waals surface area contributed by atoms with E-state index in [0.717, 1.165) is 0 Å². The van der Waals surface area contributed by atoms with Crippen LogP contribution in [0.4, 0.5) is 22.0 Å². The van der Waals surface area contributed by atoms with E-state index in [1.165, 1.54) is 6.20 Å². The fourth-order valence-electron chi connectivity index (χ4n) is 2.61. The van der Waals surface area contributed by atoms with Crippen LogP contribution in [0.5, 0.6) is 0 Å². The zero-order valence-corrected chi connectivity index (χ0v) is 15.7. The second kappa shape index (κ2) is 8.85. The van der Waals surface area contributed by atoms with E-state index in [-0.39, 0.29) is 23.7 Å². The molecule has 0 aliphatic heterocycles. The molecule has 2 heterocycles. The van der Waals surface area contributed by atoms with Gasteiger partial charge in [0.25, 0.3) is 6.43 Å². The van der Waals surface area contributed by atoms with Crippen LogP contribution in [0.1, 0.15) is 53.3 Å². The normalized spacial score (nSPS) is 12.0. The molecule has 0 saturated heterocycles. The standard InChI is InChI=1S/C18H17F5N2O2S/c1-9(2)7-11-12(17(26)27)13(16(19)20)25-15(18(21,22)23)14(11)28-8-10-5-3-4-6-24-10/h3-6,9,16H,7-8H2,1-2H3,(H,26,27). The Labute approximate surface area is 162 Å². The molecule has 4 nitrogen and oxygen atoms in total. The number of halogens is 5. The maximum absolute atomic E-state index is 13.6. The molecule has 152 valence electrons. The lowest BCUT2D eigenvalue weighted by Crippen LogP contribution is -2.20. The summed E-state index contributed by atoms with van der Waals surface area (Å²) in [7, 11) is 0. The number of aromatic carboxylic acids is 1. The number of nitrogens with zero attached hydrogens (tertiary/aromatic N) is 2. The maximum atomic E-state index is 13.6. The number of carbonyl (C=O) groups is 1. The lowest BCUT2D eigenvalue weighted by atomic mass is 9.96. The van der Waals surface area contributed by atoms with Crippen molar-refractivity contribution in [2.45, 2.75) is 43.5 Å². The van der Waals surface area contributed by atoms with E-state index in [9.17, 15) is 31.9 Å². The van der Waals surface area contributed by atoms with Crippen molar-refractivity contribution in [1.82, 2.24) is 9.97 Å². The van der Waals surface area contributed by atoms with Gasteiger partial charge in [-0.25, -0.2) is 18.6 Å². The van der Waals surface area contributed by atoms with Crippen molar-refractivity contribution in [3.05, 3.63) is 52.6 Å². The summed E-state index contributed by atoms with van der Waals surface area (Å²) in [5.41, 5.74) is -3.53. The number of carboxylic acid groups (broad SMARTS) is 1. The third-order valence-electron chi connectivity index (χ3n) is 3.67. The van der Waals surface area contributed by atoms with Crippen molar-refractivity contribution in [3.8, 4) is 0 Å². The van der Waals surface area contributed by atoms with E-state index in [1.807, 2.05) is 0 Å². The molecule has 2 aromatic heterocycles. The van der Waals surface area contributed by atoms with Gasteiger partial charge in [-0.3, -0.25) is 4.98 Å². The number of thioether (sulfide) groups is 1. The summed E-state index contributed by atoms with van der Waals surface area (Å²) in [5, 5.41) is 9.44. The first-order valence-electron chi connectivity index (χ1n) is 8.20. The number of aromatic nitrogens is 2. The van der Waals surface area contributed by atoms with Crippen LogP contribution < -0.4 is 0 Å². The quantitative estimate of drug-likeness (QED) is 0.465. The van der Waals surface area contributed by atoms with Gasteiger partial charge >= 0.3 is 12.1 Å². The smallest absolute Gasteiger partial charge is 0.434 e. The van der Waals surface area contributed by atoms with Gasteiger partial charge in [0.05, 0.1) is 11.3 Å². The molecule has 2 aromatic rings. The number of carboxylic acids is 1. The van der Waals surface area contributed by atoms with Gasteiger partial charge in [0.15, 0.2) is 5.69 Å². The van der Waals surface area contributed by atoms with E-state index in [0.29, 0.717) is 17.5 Å². The highest BCUT2D eigenvalue weighted by atomic mass is 32.2. The highest BCUT2D eigenvalue weighted by Gasteiger charge is 2.40. The van der Waals surface area contributed by atoms with Gasteiger partial charge in [-0.1, -0.05) is 19.9 Å². The molecule has 0 atom stereocenters. The van der Waals surface area contributed by atoms with Gasteiger partial charge < -0.3 is 5.11 Å². The first-order chi connectivity index (χ1) is 13.0. The third kappa shape index (κ3) is 5.18. The number of alkyl halides is 5. The molecular formula is C18H17F5N2O2S. The highest BCUT2D eigenvalue weighted by molar-refractivity contribution is 7.98. The summed E-state index contributed by atoms with van der Waals surface area (Å²) in [4.78, 5) is 18.3. The summed E-state index contributed by atoms with van der Waals surface area (Å²) < 4.78 is 67.4. The molecule has 2 rings (SSSR count). The number of rotatable bonds is 7. The Morgan fingerprint density at radius 1 is 1.25 bits per heavy atom. The second-order valence-corrected chi connectivity index (χ2v) is 7.33. The summed E-state index contributed by atoms with van der Waals surface area (Å²) in [5.74, 6) is -1.99. The Morgan fingerprint density at radius 3 is 2.39 bits per heavy atom. The fraction of sp³-hybridized carbons (Fsp3) is 0.389. The molecule has 0 unspecified atom stereocenters. The first kappa shape index (κ1) is 22.1. The molecule has 0 radical (unpaired) electrons. The Morgan fingerprint density at radius 2 is 1.93 bits per heavy atom. The fourth-order valence-corrected chi connectivity index (χ4v) is 3.74. The highest BCUT2D eigenvalue weighted by Crippen LogP contribution is 2.42. The minimum Gasteiger partial charge on any atom is -0.478 e. The SMILES string of the molecule is CC(C)Cc1c(SCc2ccccn2)c(C(F)(F)F)nc(C(F)F)c1C(=O)O. The molecule has 1 N–H and O–H groups in total. The van der Waals surface area contributed by atoms with E-state index in [4.69, 9.17) is 0 Å². The lowest BCUT2D eigenvalue weighted by molar-refractivity contribution is -0.143. The van der Waals surface area contributed by atoms with Gasteiger partial charge in [-0.15, -0.1) is 11.8 Å². The molecule has 0 aliphatic rings. The van der Waals surface area contributed by atoms with E-state index < -0.39 is 40.4 Å². The van der Waals surface area contributed by atoms with Crippen LogP contribution in [0.3, 0.4) is 0 Å². The Balaban J connectivity index is 2.72. The van der Waals surface area contributed by atoms with Gasteiger partial charge in [-0.2, -0.15) is 13.2 Å². The van der Waals surface area contributed by atoms with Crippen molar-refractivity contribution in [2.75, 3.05) is 0 Å². The number of hydrogen-bond acceptors (Lipinski definition) is 4. The summed E-state index contributed by atoms with van der Waals surface area (Å²) in [6.07, 6.45) is -7.11. The molecule has 28 heavy (non-hydrogen) atoms. The van der Waals surface area contributed by atoms with Crippen molar-refractivity contribution in [3.63, 3.8) is 0 Å². The monoisotopic (exact) mass is 420 g/mol. The number of hydrogen-bond donors (Lipinski definition) is 1. The molecule has 10 heteroatoms. The summed E-state index contributed by atoms with van der Waals surface area (Å²) >= 11 is 0.694. The van der Waals surface area contributed by atoms with Crippen molar-refractivity contribution in [2.24, 2.45) is 5.92 Å². The van der Waals surface area contributed by atoms with Crippen LogP contribution >= 0.6 is 11.8 Å². The topological polar surface area (TPSA) is 63.1 Å². The van der Waals surface area contributed by atoms with Crippen LogP contribution in [0, 0.1) is 5.92 Å². The maximum Gasteiger partial charge on any atom is 0.434 e. The van der Waals surface area contributed by atoms with Crippen LogP contribution in [0.2, 0.25) is 0 Å². The first-order valence-corrected chi connectivity index (χ1v) is 9.19. The van der Waals surface area contributed by atoms with Crippen LogP contribution in [-0.4, -0.2) is 21.0 Å². The van der Waals surface area contributed by atoms with E-state index in [2.05, 4.69) is 9.97 Å². The van der Waals surface area contributed by atoms with Crippen molar-refractivity contribution >= 4 is 17.7 Å². The Bertz CT molecular complexity index is 842. The number of pyridine rings is 2. The zero-order valence-electron chi connectivity index (χ0n) is 14.9. The molecule has 0 fully saturated rings. The van der Waals surface area contributed by atoms with Crippen molar-refractivity contribution in [1.29, 1.82) is 0 Å². The molecule has 0 saturated carbocycles. The average Bonchev–Trinajstić information content (AvgIpc) is 2.58. The average molecular weight is 420 g/mol. The summed E-state index contributed by atoms with van der Waals surface area (Å²) in [6.45, 7) is 3.32. The predicted octanol–water partition coefficient (Wildman–Crippen LogP) is 5.62. The Hall–Kier alpha value is -2.23. The molecule has 0 amide bonds. The van der Waals surface area contributed by atoms with Gasteiger partial charge in [-0.05, 0) is 30.0 Å².